The molecule has 0 bridgehead atoms. The highest BCUT2D eigenvalue weighted by Crippen LogP contribution is 2.23. The number of halogens is 6. The third kappa shape index (κ3) is 7.72. The van der Waals surface area contributed by atoms with Crippen LogP contribution in [0.2, 0.25) is 0 Å². The number of ether oxygens (including phenoxy) is 2. The first kappa shape index (κ1) is 16.4. The standard InChI is InChI=1S/C11H11F6NO2/c12-10(13,14)7-19-6-5-18-8-1-3-9(4-2-8)20-11(15,16)17/h1-4,18H,5-7H2. The molecule has 0 aliphatic heterocycles. The van der Waals surface area contributed by atoms with Crippen LogP contribution in [0.25, 0.3) is 0 Å². The predicted octanol–water partition coefficient (Wildman–Crippen LogP) is 3.58. The highest BCUT2D eigenvalue weighted by molar-refractivity contribution is 5.46. The Kier molecular flexibility index (Phi) is 5.49. The van der Waals surface area contributed by atoms with Crippen molar-refractivity contribution in [1.29, 1.82) is 0 Å². The minimum absolute atomic E-state index is 0.0928. The number of hydrogen-bond acceptors (Lipinski definition) is 3. The Hall–Kier alpha value is -1.64. The van der Waals surface area contributed by atoms with E-state index >= 15 is 0 Å². The fourth-order valence-corrected chi connectivity index (χ4v) is 1.23. The molecule has 1 N–H and O–H groups in total. The van der Waals surface area contributed by atoms with Crippen LogP contribution < -0.4 is 10.1 Å². The average Bonchev–Trinajstić information content (AvgIpc) is 2.27. The van der Waals surface area contributed by atoms with E-state index < -0.39 is 19.1 Å². The van der Waals surface area contributed by atoms with Gasteiger partial charge in [-0.3, -0.25) is 0 Å². The number of benzene rings is 1. The molecule has 0 saturated heterocycles. The van der Waals surface area contributed by atoms with Crippen molar-refractivity contribution in [2.75, 3.05) is 25.1 Å². The summed E-state index contributed by atoms with van der Waals surface area (Å²) in [7, 11) is 0. The molecule has 0 unspecified atom stereocenters. The van der Waals surface area contributed by atoms with Gasteiger partial charge in [-0.15, -0.1) is 13.2 Å². The fraction of sp³-hybridized carbons (Fsp3) is 0.455. The van der Waals surface area contributed by atoms with E-state index in [0.717, 1.165) is 12.1 Å². The van der Waals surface area contributed by atoms with Crippen LogP contribution in [-0.2, 0) is 4.74 Å². The molecule has 0 aliphatic rings. The number of anilines is 1. The second kappa shape index (κ2) is 6.69. The topological polar surface area (TPSA) is 30.5 Å². The summed E-state index contributed by atoms with van der Waals surface area (Å²) in [6.07, 6.45) is -9.14. The van der Waals surface area contributed by atoms with E-state index in [0.29, 0.717) is 5.69 Å². The maximum absolute atomic E-state index is 11.9. The molecule has 0 heterocycles. The van der Waals surface area contributed by atoms with E-state index in [9.17, 15) is 26.3 Å². The Balaban J connectivity index is 2.28. The van der Waals surface area contributed by atoms with Crippen molar-refractivity contribution >= 4 is 5.69 Å². The monoisotopic (exact) mass is 303 g/mol. The van der Waals surface area contributed by atoms with E-state index in [4.69, 9.17) is 0 Å². The molecular weight excluding hydrogens is 292 g/mol. The fourth-order valence-electron chi connectivity index (χ4n) is 1.23. The van der Waals surface area contributed by atoms with Crippen molar-refractivity contribution in [1.82, 2.24) is 0 Å². The van der Waals surface area contributed by atoms with Gasteiger partial charge in [0.25, 0.3) is 0 Å². The Bertz CT molecular complexity index is 401. The Morgan fingerprint density at radius 2 is 1.55 bits per heavy atom. The van der Waals surface area contributed by atoms with Gasteiger partial charge in [0.2, 0.25) is 0 Å². The zero-order valence-electron chi connectivity index (χ0n) is 10.0. The minimum Gasteiger partial charge on any atom is -0.406 e. The maximum atomic E-state index is 11.9. The van der Waals surface area contributed by atoms with Crippen LogP contribution in [0.5, 0.6) is 5.75 Å². The number of rotatable bonds is 6. The molecule has 0 aliphatic carbocycles. The van der Waals surface area contributed by atoms with Crippen molar-refractivity contribution < 1.29 is 35.8 Å². The summed E-state index contributed by atoms with van der Waals surface area (Å²) in [5.74, 6) is -0.378. The van der Waals surface area contributed by atoms with Crippen molar-refractivity contribution in [3.05, 3.63) is 24.3 Å². The van der Waals surface area contributed by atoms with Gasteiger partial charge >= 0.3 is 12.5 Å². The molecule has 9 heteroatoms. The lowest BCUT2D eigenvalue weighted by atomic mass is 10.3. The summed E-state index contributed by atoms with van der Waals surface area (Å²) in [6.45, 7) is -1.43. The second-order valence-corrected chi connectivity index (χ2v) is 3.67. The molecule has 0 spiro atoms. The molecule has 0 fully saturated rings. The molecule has 0 aromatic heterocycles. The Morgan fingerprint density at radius 3 is 2.05 bits per heavy atom. The van der Waals surface area contributed by atoms with E-state index in [-0.39, 0.29) is 18.9 Å². The summed E-state index contributed by atoms with van der Waals surface area (Å²) in [5.41, 5.74) is 0.440. The third-order valence-electron chi connectivity index (χ3n) is 1.93. The molecule has 0 saturated carbocycles. The average molecular weight is 303 g/mol. The minimum atomic E-state index is -4.76. The maximum Gasteiger partial charge on any atom is 0.573 e. The first-order chi connectivity index (χ1) is 9.16. The Labute approximate surface area is 110 Å². The normalized spacial score (nSPS) is 12.3. The van der Waals surface area contributed by atoms with Crippen molar-refractivity contribution in [3.8, 4) is 5.75 Å². The van der Waals surface area contributed by atoms with Gasteiger partial charge in [-0.25, -0.2) is 0 Å². The molecule has 1 aromatic rings. The van der Waals surface area contributed by atoms with Crippen molar-refractivity contribution in [2.24, 2.45) is 0 Å². The second-order valence-electron chi connectivity index (χ2n) is 3.67. The van der Waals surface area contributed by atoms with E-state index in [1.54, 1.807) is 0 Å². The van der Waals surface area contributed by atoms with Crippen molar-refractivity contribution in [2.45, 2.75) is 12.5 Å². The molecule has 20 heavy (non-hydrogen) atoms. The molecule has 3 nitrogen and oxygen atoms in total. The van der Waals surface area contributed by atoms with Crippen LogP contribution in [0.4, 0.5) is 32.0 Å². The van der Waals surface area contributed by atoms with Gasteiger partial charge in [-0.1, -0.05) is 0 Å². The van der Waals surface area contributed by atoms with Crippen molar-refractivity contribution in [3.63, 3.8) is 0 Å². The number of nitrogens with one attached hydrogen (secondary N) is 1. The molecule has 0 atom stereocenters. The summed E-state index contributed by atoms with van der Waals surface area (Å²) >= 11 is 0. The van der Waals surface area contributed by atoms with Crippen LogP contribution in [0.15, 0.2) is 24.3 Å². The molecule has 1 rings (SSSR count). The zero-order chi connectivity index (χ0) is 15.2. The van der Waals surface area contributed by atoms with Crippen LogP contribution in [0, 0.1) is 0 Å². The lowest BCUT2D eigenvalue weighted by Gasteiger charge is -2.11. The first-order valence-electron chi connectivity index (χ1n) is 5.40. The van der Waals surface area contributed by atoms with E-state index in [1.807, 2.05) is 0 Å². The summed E-state index contributed by atoms with van der Waals surface area (Å²) in [5, 5.41) is 2.69. The lowest BCUT2D eigenvalue weighted by molar-refractivity contribution is -0.274. The van der Waals surface area contributed by atoms with Gasteiger partial charge < -0.3 is 14.8 Å². The molecule has 0 radical (unpaired) electrons. The van der Waals surface area contributed by atoms with Gasteiger partial charge in [-0.05, 0) is 24.3 Å². The Morgan fingerprint density at radius 1 is 0.950 bits per heavy atom. The van der Waals surface area contributed by atoms with Crippen LogP contribution in [0.1, 0.15) is 0 Å². The van der Waals surface area contributed by atoms with Crippen LogP contribution in [0.3, 0.4) is 0 Å². The van der Waals surface area contributed by atoms with Gasteiger partial charge in [0.05, 0.1) is 6.61 Å². The summed E-state index contributed by atoms with van der Waals surface area (Å²) < 4.78 is 78.8. The molecule has 1 aromatic carbocycles. The van der Waals surface area contributed by atoms with Gasteiger partial charge in [0.15, 0.2) is 0 Å². The highest BCUT2D eigenvalue weighted by Gasteiger charge is 2.31. The lowest BCUT2D eigenvalue weighted by Crippen LogP contribution is -2.20. The van der Waals surface area contributed by atoms with Gasteiger partial charge in [0, 0.05) is 12.2 Å². The van der Waals surface area contributed by atoms with Gasteiger partial charge in [0.1, 0.15) is 12.4 Å². The van der Waals surface area contributed by atoms with Crippen LogP contribution >= 0.6 is 0 Å². The van der Waals surface area contributed by atoms with Gasteiger partial charge in [-0.2, -0.15) is 13.2 Å². The molecular formula is C11H11F6NO2. The number of hydrogen-bond donors (Lipinski definition) is 1. The molecule has 114 valence electrons. The smallest absolute Gasteiger partial charge is 0.406 e. The number of alkyl halides is 6. The quantitative estimate of drug-likeness (QED) is 0.643. The first-order valence-corrected chi connectivity index (χ1v) is 5.40. The molecule has 0 amide bonds. The SMILES string of the molecule is FC(F)(F)COCCNc1ccc(OC(F)(F)F)cc1. The summed E-state index contributed by atoms with van der Waals surface area (Å²) in [4.78, 5) is 0. The van der Waals surface area contributed by atoms with E-state index in [2.05, 4.69) is 14.8 Å². The largest absolute Gasteiger partial charge is 0.573 e. The predicted molar refractivity (Wildman–Crippen MR) is 58.5 cm³/mol. The van der Waals surface area contributed by atoms with E-state index in [1.165, 1.54) is 12.1 Å². The third-order valence-corrected chi connectivity index (χ3v) is 1.93. The highest BCUT2D eigenvalue weighted by atomic mass is 19.4. The summed E-state index contributed by atoms with van der Waals surface area (Å²) in [6, 6.07) is 4.80. The van der Waals surface area contributed by atoms with Crippen LogP contribution in [-0.4, -0.2) is 32.3 Å². The zero-order valence-corrected chi connectivity index (χ0v) is 10.0.